The molecule has 1 aromatic carbocycles. The molecule has 1 aromatic rings. The zero-order valence-corrected chi connectivity index (χ0v) is 11.4. The largest absolute Gasteiger partial charge is 0.396 e. The van der Waals surface area contributed by atoms with Crippen molar-refractivity contribution >= 4 is 0 Å². The number of allylic oxidation sites excluding steroid dienone is 2. The monoisotopic (exact) mass is 246 g/mol. The highest BCUT2D eigenvalue weighted by Crippen LogP contribution is 2.07. The van der Waals surface area contributed by atoms with Gasteiger partial charge >= 0.3 is 0 Å². The van der Waals surface area contributed by atoms with E-state index in [1.54, 1.807) is 0 Å². The fourth-order valence-electron chi connectivity index (χ4n) is 2.03. The van der Waals surface area contributed by atoms with Gasteiger partial charge in [-0.3, -0.25) is 0 Å². The van der Waals surface area contributed by atoms with Gasteiger partial charge in [0.25, 0.3) is 0 Å². The SMILES string of the molecule is OCCCCCCCC=CCCc1ccccc1. The Morgan fingerprint density at radius 1 is 0.778 bits per heavy atom. The maximum atomic E-state index is 8.65. The van der Waals surface area contributed by atoms with E-state index in [1.165, 1.54) is 37.7 Å². The van der Waals surface area contributed by atoms with Crippen molar-refractivity contribution in [1.29, 1.82) is 0 Å². The van der Waals surface area contributed by atoms with Crippen molar-refractivity contribution in [3.63, 3.8) is 0 Å². The molecule has 0 aromatic heterocycles. The summed E-state index contributed by atoms with van der Waals surface area (Å²) in [5.41, 5.74) is 1.42. The van der Waals surface area contributed by atoms with Crippen molar-refractivity contribution in [2.45, 2.75) is 51.4 Å². The molecule has 0 heterocycles. The van der Waals surface area contributed by atoms with E-state index in [-0.39, 0.29) is 0 Å². The van der Waals surface area contributed by atoms with Gasteiger partial charge in [0.05, 0.1) is 0 Å². The number of aliphatic hydroxyl groups excluding tert-OH is 1. The van der Waals surface area contributed by atoms with E-state index in [9.17, 15) is 0 Å². The second-order valence-corrected chi connectivity index (χ2v) is 4.78. The van der Waals surface area contributed by atoms with Gasteiger partial charge < -0.3 is 5.11 Å². The zero-order chi connectivity index (χ0) is 12.9. The Morgan fingerprint density at radius 3 is 2.22 bits per heavy atom. The zero-order valence-electron chi connectivity index (χ0n) is 11.4. The van der Waals surface area contributed by atoms with Crippen LogP contribution in [0, 0.1) is 0 Å². The normalized spacial score (nSPS) is 11.2. The summed E-state index contributed by atoms with van der Waals surface area (Å²) in [5, 5.41) is 8.65. The standard InChI is InChI=1S/C17H26O/c18-16-12-7-5-3-1-2-4-6-9-13-17-14-10-8-11-15-17/h4,6,8,10-11,14-15,18H,1-3,5,7,9,12-13,16H2. The smallest absolute Gasteiger partial charge is 0.0431 e. The molecule has 0 aliphatic rings. The molecule has 0 spiro atoms. The number of benzene rings is 1. The van der Waals surface area contributed by atoms with Crippen LogP contribution in [-0.2, 0) is 6.42 Å². The minimum atomic E-state index is 0.347. The molecular formula is C17H26O. The van der Waals surface area contributed by atoms with Gasteiger partial charge in [-0.2, -0.15) is 0 Å². The van der Waals surface area contributed by atoms with Crippen LogP contribution in [0.25, 0.3) is 0 Å². The van der Waals surface area contributed by atoms with Crippen LogP contribution in [0.15, 0.2) is 42.5 Å². The first kappa shape index (κ1) is 15.0. The van der Waals surface area contributed by atoms with Crippen molar-refractivity contribution in [1.82, 2.24) is 0 Å². The van der Waals surface area contributed by atoms with Crippen LogP contribution in [0.1, 0.15) is 50.5 Å². The van der Waals surface area contributed by atoms with Crippen LogP contribution >= 0.6 is 0 Å². The molecule has 0 aliphatic heterocycles. The van der Waals surface area contributed by atoms with E-state index in [0.717, 1.165) is 19.3 Å². The predicted octanol–water partition coefficient (Wildman–Crippen LogP) is 4.51. The van der Waals surface area contributed by atoms with Gasteiger partial charge in [0.1, 0.15) is 0 Å². The average molecular weight is 246 g/mol. The number of aliphatic hydroxyl groups is 1. The number of aryl methyl sites for hydroxylation is 1. The molecule has 1 nitrogen and oxygen atoms in total. The van der Waals surface area contributed by atoms with E-state index in [4.69, 9.17) is 5.11 Å². The Bertz CT molecular complexity index is 303. The second kappa shape index (κ2) is 11.0. The quantitative estimate of drug-likeness (QED) is 0.476. The Hall–Kier alpha value is -1.08. The van der Waals surface area contributed by atoms with Crippen LogP contribution in [-0.4, -0.2) is 11.7 Å². The summed E-state index contributed by atoms with van der Waals surface area (Å²) < 4.78 is 0. The van der Waals surface area contributed by atoms with Gasteiger partial charge in [-0.1, -0.05) is 61.7 Å². The molecule has 1 rings (SSSR count). The maximum absolute atomic E-state index is 8.65. The summed E-state index contributed by atoms with van der Waals surface area (Å²) in [7, 11) is 0. The molecule has 100 valence electrons. The Balaban J connectivity index is 1.92. The molecule has 1 heteroatoms. The summed E-state index contributed by atoms with van der Waals surface area (Å²) in [4.78, 5) is 0. The minimum Gasteiger partial charge on any atom is -0.396 e. The lowest BCUT2D eigenvalue weighted by molar-refractivity contribution is 0.282. The van der Waals surface area contributed by atoms with E-state index < -0.39 is 0 Å². The van der Waals surface area contributed by atoms with Gasteiger partial charge in [-0.25, -0.2) is 0 Å². The van der Waals surface area contributed by atoms with Crippen molar-refractivity contribution in [2.24, 2.45) is 0 Å². The van der Waals surface area contributed by atoms with Crippen LogP contribution in [0.2, 0.25) is 0 Å². The lowest BCUT2D eigenvalue weighted by Gasteiger charge is -1.98. The van der Waals surface area contributed by atoms with Gasteiger partial charge in [-0.05, 0) is 37.7 Å². The number of hydrogen-bond donors (Lipinski definition) is 1. The van der Waals surface area contributed by atoms with E-state index in [2.05, 4.69) is 42.5 Å². The van der Waals surface area contributed by atoms with Gasteiger partial charge in [0, 0.05) is 6.61 Å². The van der Waals surface area contributed by atoms with Crippen LogP contribution < -0.4 is 0 Å². The number of rotatable bonds is 10. The molecule has 1 N–H and O–H groups in total. The molecule has 18 heavy (non-hydrogen) atoms. The predicted molar refractivity (Wildman–Crippen MR) is 78.7 cm³/mol. The molecule has 0 aliphatic carbocycles. The molecular weight excluding hydrogens is 220 g/mol. The van der Waals surface area contributed by atoms with Crippen LogP contribution in [0.4, 0.5) is 0 Å². The Labute approximate surface area is 112 Å². The van der Waals surface area contributed by atoms with Gasteiger partial charge in [0.2, 0.25) is 0 Å². The lowest BCUT2D eigenvalue weighted by atomic mass is 10.1. The highest BCUT2D eigenvalue weighted by atomic mass is 16.2. The van der Waals surface area contributed by atoms with Gasteiger partial charge in [-0.15, -0.1) is 0 Å². The van der Waals surface area contributed by atoms with Crippen molar-refractivity contribution in [3.8, 4) is 0 Å². The van der Waals surface area contributed by atoms with Crippen LogP contribution in [0.5, 0.6) is 0 Å². The molecule has 0 atom stereocenters. The molecule has 0 saturated heterocycles. The highest BCUT2D eigenvalue weighted by Gasteiger charge is 1.89. The molecule has 0 radical (unpaired) electrons. The number of hydrogen-bond acceptors (Lipinski definition) is 1. The third-order valence-electron chi connectivity index (χ3n) is 3.14. The first-order valence-corrected chi connectivity index (χ1v) is 7.23. The van der Waals surface area contributed by atoms with Crippen molar-refractivity contribution in [2.75, 3.05) is 6.61 Å². The van der Waals surface area contributed by atoms with E-state index >= 15 is 0 Å². The van der Waals surface area contributed by atoms with Crippen molar-refractivity contribution < 1.29 is 5.11 Å². The average Bonchev–Trinajstić information content (AvgIpc) is 2.42. The minimum absolute atomic E-state index is 0.347. The summed E-state index contributed by atoms with van der Waals surface area (Å²) >= 11 is 0. The van der Waals surface area contributed by atoms with Gasteiger partial charge in [0.15, 0.2) is 0 Å². The summed E-state index contributed by atoms with van der Waals surface area (Å²) in [6.45, 7) is 0.347. The van der Waals surface area contributed by atoms with E-state index in [1.807, 2.05) is 0 Å². The third kappa shape index (κ3) is 8.08. The Kier molecular flexibility index (Phi) is 9.18. The molecule has 0 fully saturated rings. The number of unbranched alkanes of at least 4 members (excludes halogenated alkanes) is 5. The molecule has 0 bridgehead atoms. The first-order valence-electron chi connectivity index (χ1n) is 7.23. The molecule has 0 amide bonds. The fraction of sp³-hybridized carbons (Fsp3) is 0.529. The Morgan fingerprint density at radius 2 is 1.44 bits per heavy atom. The second-order valence-electron chi connectivity index (χ2n) is 4.78. The summed E-state index contributed by atoms with van der Waals surface area (Å²) in [6.07, 6.45) is 14.1. The van der Waals surface area contributed by atoms with Crippen LogP contribution in [0.3, 0.4) is 0 Å². The summed E-state index contributed by atoms with van der Waals surface area (Å²) in [5.74, 6) is 0. The first-order chi connectivity index (χ1) is 8.93. The highest BCUT2D eigenvalue weighted by molar-refractivity contribution is 5.15. The summed E-state index contributed by atoms with van der Waals surface area (Å²) in [6, 6.07) is 10.6. The fourth-order valence-corrected chi connectivity index (χ4v) is 2.03. The molecule has 0 saturated carbocycles. The molecule has 0 unspecified atom stereocenters. The maximum Gasteiger partial charge on any atom is 0.0431 e. The van der Waals surface area contributed by atoms with Crippen molar-refractivity contribution in [3.05, 3.63) is 48.0 Å². The third-order valence-corrected chi connectivity index (χ3v) is 3.14. The topological polar surface area (TPSA) is 20.2 Å². The van der Waals surface area contributed by atoms with E-state index in [0.29, 0.717) is 6.61 Å². The lowest BCUT2D eigenvalue weighted by Crippen LogP contribution is -1.83.